The van der Waals surface area contributed by atoms with Crippen molar-refractivity contribution in [3.05, 3.63) is 29.7 Å². The molecule has 9 heteroatoms. The fourth-order valence-electron chi connectivity index (χ4n) is 4.62. The van der Waals surface area contributed by atoms with Gasteiger partial charge in [-0.3, -0.25) is 4.79 Å². The van der Waals surface area contributed by atoms with Gasteiger partial charge < -0.3 is 20.1 Å². The molecular weight excluding hydrogens is 361 g/mol. The van der Waals surface area contributed by atoms with E-state index in [4.69, 9.17) is 0 Å². The molecule has 2 aliphatic heterocycles. The first kappa shape index (κ1) is 17.4. The Morgan fingerprint density at radius 2 is 2.07 bits per heavy atom. The lowest BCUT2D eigenvalue weighted by Gasteiger charge is -2.50. The van der Waals surface area contributed by atoms with Crippen molar-refractivity contribution in [2.45, 2.75) is 37.6 Å². The van der Waals surface area contributed by atoms with Crippen LogP contribution in [0.4, 0.5) is 16.2 Å². The van der Waals surface area contributed by atoms with Crippen LogP contribution in [0.2, 0.25) is 0 Å². The van der Waals surface area contributed by atoms with Crippen LogP contribution in [0, 0.1) is 11.7 Å². The molecule has 3 aliphatic rings. The Morgan fingerprint density at radius 1 is 1.29 bits per heavy atom. The molecule has 5 rings (SSSR count). The van der Waals surface area contributed by atoms with E-state index in [1.54, 1.807) is 13.4 Å². The summed E-state index contributed by atoms with van der Waals surface area (Å²) >= 11 is 0. The Bertz CT molecular complexity index is 901. The Morgan fingerprint density at radius 3 is 2.79 bits per heavy atom. The maximum Gasteiger partial charge on any atom is 0.227 e. The van der Waals surface area contributed by atoms with E-state index in [1.807, 2.05) is 0 Å². The molecule has 0 atom stereocenters. The summed E-state index contributed by atoms with van der Waals surface area (Å²) < 4.78 is 13.7. The Hall–Kier alpha value is -2.71. The van der Waals surface area contributed by atoms with Crippen LogP contribution < -0.4 is 10.2 Å². The molecule has 0 aromatic carbocycles. The Balaban J connectivity index is 1.43. The summed E-state index contributed by atoms with van der Waals surface area (Å²) in [5, 5.41) is 2.76. The molecule has 1 saturated heterocycles. The maximum absolute atomic E-state index is 13.7. The molecule has 2 fully saturated rings. The normalized spacial score (nSPS) is 20.9. The van der Waals surface area contributed by atoms with E-state index in [1.165, 1.54) is 6.20 Å². The van der Waals surface area contributed by atoms with Crippen molar-refractivity contribution >= 4 is 17.7 Å². The highest BCUT2D eigenvalue weighted by atomic mass is 19.1. The third kappa shape index (κ3) is 2.63. The first-order valence-electron chi connectivity index (χ1n) is 9.92. The summed E-state index contributed by atoms with van der Waals surface area (Å²) in [7, 11) is 1.64. The van der Waals surface area contributed by atoms with Gasteiger partial charge in [0, 0.05) is 44.7 Å². The number of hydrogen-bond acceptors (Lipinski definition) is 6. The van der Waals surface area contributed by atoms with Crippen LogP contribution in [0.1, 0.15) is 37.1 Å². The highest BCUT2D eigenvalue weighted by Gasteiger charge is 2.51. The van der Waals surface area contributed by atoms with Gasteiger partial charge in [0.2, 0.25) is 11.9 Å². The lowest BCUT2D eigenvalue weighted by molar-refractivity contribution is -0.142. The van der Waals surface area contributed by atoms with Crippen LogP contribution in [0.5, 0.6) is 0 Å². The summed E-state index contributed by atoms with van der Waals surface area (Å²) in [6, 6.07) is 0. The van der Waals surface area contributed by atoms with Gasteiger partial charge in [0.05, 0.1) is 23.8 Å². The van der Waals surface area contributed by atoms with E-state index in [-0.39, 0.29) is 23.2 Å². The zero-order valence-corrected chi connectivity index (χ0v) is 15.9. The number of carbonyl (C=O) groups excluding carboxylic acids is 1. The number of carbonyl (C=O) groups is 1. The van der Waals surface area contributed by atoms with Crippen LogP contribution in [-0.4, -0.2) is 57.4 Å². The predicted octanol–water partition coefficient (Wildman–Crippen LogP) is 1.67. The molecule has 28 heavy (non-hydrogen) atoms. The number of rotatable bonds is 3. The van der Waals surface area contributed by atoms with Gasteiger partial charge in [-0.1, -0.05) is 0 Å². The largest absolute Gasteiger partial charge is 0.371 e. The van der Waals surface area contributed by atoms with Gasteiger partial charge in [-0.2, -0.15) is 4.98 Å². The first-order chi connectivity index (χ1) is 13.6. The fourth-order valence-corrected chi connectivity index (χ4v) is 4.62. The molecular formula is C19H24FN7O. The molecule has 1 saturated carbocycles. The molecule has 1 amide bonds. The summed E-state index contributed by atoms with van der Waals surface area (Å²) in [5.41, 5.74) is 1.79. The number of nitrogens with zero attached hydrogens (tertiary/aromatic N) is 5. The number of nitrogens with one attached hydrogen (secondary N) is 2. The minimum Gasteiger partial charge on any atom is -0.371 e. The molecule has 0 bridgehead atoms. The van der Waals surface area contributed by atoms with E-state index in [9.17, 15) is 9.18 Å². The molecule has 148 valence electrons. The summed E-state index contributed by atoms with van der Waals surface area (Å²) in [4.78, 5) is 33.5. The minimum atomic E-state index is -0.464. The van der Waals surface area contributed by atoms with Crippen LogP contribution in [0.25, 0.3) is 0 Å². The summed E-state index contributed by atoms with van der Waals surface area (Å²) in [6.45, 7) is 2.12. The lowest BCUT2D eigenvalue weighted by atomic mass is 9.78. The number of halogens is 1. The van der Waals surface area contributed by atoms with Crippen LogP contribution in [0.15, 0.2) is 12.5 Å². The maximum atomic E-state index is 13.7. The van der Waals surface area contributed by atoms with Crippen molar-refractivity contribution in [1.82, 2.24) is 24.8 Å². The van der Waals surface area contributed by atoms with Gasteiger partial charge in [-0.05, 0) is 25.7 Å². The van der Waals surface area contributed by atoms with Crippen molar-refractivity contribution in [1.29, 1.82) is 0 Å². The zero-order chi connectivity index (χ0) is 19.3. The second kappa shape index (κ2) is 6.42. The standard InChI is InChI=1S/C19H24FN7O/c1-21-16-13(20)10-22-18(25-16)26-8-5-19(6-9-26)15-14(23-11-24-15)4-7-27(19)17(28)12-2-3-12/h10-12H,2-9H2,1H3,(H,23,24)(H,21,22,25). The third-order valence-corrected chi connectivity index (χ3v) is 6.30. The summed E-state index contributed by atoms with van der Waals surface area (Å²) in [6.07, 6.45) is 7.30. The number of H-pyrrole nitrogens is 1. The average Bonchev–Trinajstić information content (AvgIpc) is 3.46. The number of imidazole rings is 1. The number of aromatic amines is 1. The second-order valence-corrected chi connectivity index (χ2v) is 7.88. The fraction of sp³-hybridized carbons (Fsp3) is 0.579. The van der Waals surface area contributed by atoms with E-state index < -0.39 is 5.82 Å². The SMILES string of the molecule is CNc1nc(N2CCC3(CC2)c2nc[nH]c2CCN3C(=O)C2CC2)ncc1F. The number of amides is 1. The average molecular weight is 385 g/mol. The van der Waals surface area contributed by atoms with Gasteiger partial charge >= 0.3 is 0 Å². The van der Waals surface area contributed by atoms with Crippen molar-refractivity contribution in [2.24, 2.45) is 5.92 Å². The Kier molecular flexibility index (Phi) is 3.99. The van der Waals surface area contributed by atoms with E-state index in [0.29, 0.717) is 19.0 Å². The monoisotopic (exact) mass is 385 g/mol. The smallest absolute Gasteiger partial charge is 0.227 e. The molecule has 2 aromatic heterocycles. The third-order valence-electron chi connectivity index (χ3n) is 6.30. The Labute approximate surface area is 162 Å². The van der Waals surface area contributed by atoms with E-state index >= 15 is 0 Å². The number of anilines is 2. The van der Waals surface area contributed by atoms with Crippen molar-refractivity contribution in [3.8, 4) is 0 Å². The van der Waals surface area contributed by atoms with Gasteiger partial charge in [0.25, 0.3) is 0 Å². The molecule has 0 unspecified atom stereocenters. The quantitative estimate of drug-likeness (QED) is 0.835. The zero-order valence-electron chi connectivity index (χ0n) is 15.9. The molecule has 2 aromatic rings. The minimum absolute atomic E-state index is 0.189. The number of hydrogen-bond donors (Lipinski definition) is 2. The van der Waals surface area contributed by atoms with Gasteiger partial charge in [-0.25, -0.2) is 14.4 Å². The van der Waals surface area contributed by atoms with Gasteiger partial charge in [-0.15, -0.1) is 0 Å². The van der Waals surface area contributed by atoms with Crippen LogP contribution in [0.3, 0.4) is 0 Å². The molecule has 1 spiro atoms. The van der Waals surface area contributed by atoms with Crippen molar-refractivity contribution in [3.63, 3.8) is 0 Å². The van der Waals surface area contributed by atoms with E-state index in [2.05, 4.69) is 35.1 Å². The lowest BCUT2D eigenvalue weighted by Crippen LogP contribution is -2.59. The molecule has 8 nitrogen and oxygen atoms in total. The first-order valence-corrected chi connectivity index (χ1v) is 9.92. The number of aromatic nitrogens is 4. The molecule has 4 heterocycles. The van der Waals surface area contributed by atoms with Crippen LogP contribution >= 0.6 is 0 Å². The van der Waals surface area contributed by atoms with Gasteiger partial charge in [0.1, 0.15) is 0 Å². The number of fused-ring (bicyclic) bond motifs is 2. The van der Waals surface area contributed by atoms with Crippen molar-refractivity contribution < 1.29 is 9.18 Å². The topological polar surface area (TPSA) is 90.0 Å². The summed E-state index contributed by atoms with van der Waals surface area (Å²) in [5.74, 6) is 0.711. The molecule has 0 radical (unpaired) electrons. The van der Waals surface area contributed by atoms with Gasteiger partial charge in [0.15, 0.2) is 11.6 Å². The predicted molar refractivity (Wildman–Crippen MR) is 101 cm³/mol. The highest BCUT2D eigenvalue weighted by Crippen LogP contribution is 2.45. The molecule has 2 N–H and O–H groups in total. The van der Waals surface area contributed by atoms with E-state index in [0.717, 1.165) is 50.0 Å². The molecule has 1 aliphatic carbocycles. The second-order valence-electron chi connectivity index (χ2n) is 7.88. The van der Waals surface area contributed by atoms with Crippen molar-refractivity contribution in [2.75, 3.05) is 36.9 Å². The number of piperidine rings is 1. The van der Waals surface area contributed by atoms with Crippen LogP contribution in [-0.2, 0) is 16.8 Å². The highest BCUT2D eigenvalue weighted by molar-refractivity contribution is 5.82.